The molecule has 102 valence electrons. The minimum atomic E-state index is -0.353. The van der Waals surface area contributed by atoms with Gasteiger partial charge in [0.15, 0.2) is 0 Å². The Morgan fingerprint density at radius 2 is 2.05 bits per heavy atom. The summed E-state index contributed by atoms with van der Waals surface area (Å²) in [5, 5.41) is 2.80. The minimum absolute atomic E-state index is 0.119. The number of benzene rings is 2. The Kier molecular flexibility index (Phi) is 3.12. The van der Waals surface area contributed by atoms with Crippen molar-refractivity contribution in [1.29, 1.82) is 0 Å². The maximum atomic E-state index is 13.9. The van der Waals surface area contributed by atoms with E-state index in [1.54, 1.807) is 17.0 Å². The lowest BCUT2D eigenvalue weighted by atomic mass is 10.1. The predicted molar refractivity (Wildman–Crippen MR) is 76.4 cm³/mol. The molecule has 0 aliphatic carbocycles. The number of nitrogens with two attached hydrogens (primary N) is 1. The third-order valence-corrected chi connectivity index (χ3v) is 3.34. The Hall–Kier alpha value is -2.40. The van der Waals surface area contributed by atoms with E-state index in [1.807, 2.05) is 24.3 Å². The van der Waals surface area contributed by atoms with Crippen LogP contribution >= 0.6 is 0 Å². The molecule has 0 aromatic heterocycles. The van der Waals surface area contributed by atoms with Crippen LogP contribution in [0.25, 0.3) is 0 Å². The number of anilines is 3. The Balaban J connectivity index is 2.06. The molecule has 0 unspecified atom stereocenters. The molecular weight excluding hydrogens is 257 g/mol. The fourth-order valence-corrected chi connectivity index (χ4v) is 2.33. The molecule has 0 saturated carbocycles. The van der Waals surface area contributed by atoms with Gasteiger partial charge in [-0.15, -0.1) is 0 Å². The monoisotopic (exact) mass is 271 g/mol. The fraction of sp³-hybridized carbons (Fsp3) is 0.133. The fourth-order valence-electron chi connectivity index (χ4n) is 2.33. The van der Waals surface area contributed by atoms with Crippen LogP contribution in [0.5, 0.6) is 0 Å². The van der Waals surface area contributed by atoms with E-state index >= 15 is 0 Å². The van der Waals surface area contributed by atoms with Gasteiger partial charge in [-0.1, -0.05) is 18.2 Å². The number of hydrogen-bond donors (Lipinski definition) is 2. The van der Waals surface area contributed by atoms with Crippen molar-refractivity contribution >= 4 is 23.0 Å². The highest BCUT2D eigenvalue weighted by atomic mass is 19.1. The second-order valence-electron chi connectivity index (χ2n) is 4.63. The summed E-state index contributed by atoms with van der Waals surface area (Å²) in [6.45, 7) is 0.321. The Morgan fingerprint density at radius 1 is 1.25 bits per heavy atom. The molecule has 1 heterocycles. The van der Waals surface area contributed by atoms with E-state index in [0.29, 0.717) is 11.3 Å². The van der Waals surface area contributed by atoms with Crippen LogP contribution in [0.4, 0.5) is 21.5 Å². The molecule has 0 saturated heterocycles. The average molecular weight is 271 g/mol. The highest BCUT2D eigenvalue weighted by Gasteiger charge is 2.23. The summed E-state index contributed by atoms with van der Waals surface area (Å²) in [4.78, 5) is 13.5. The largest absolute Gasteiger partial charge is 0.330 e. The van der Waals surface area contributed by atoms with Crippen LogP contribution in [0.2, 0.25) is 0 Å². The van der Waals surface area contributed by atoms with Crippen molar-refractivity contribution in [1.82, 2.24) is 0 Å². The lowest BCUT2D eigenvalue weighted by Gasteiger charge is -2.31. The molecule has 1 aliphatic heterocycles. The first-order valence-electron chi connectivity index (χ1n) is 6.34. The molecular formula is C15H14FN3O. The van der Waals surface area contributed by atoms with Gasteiger partial charge < -0.3 is 16.0 Å². The lowest BCUT2D eigenvalue weighted by Crippen LogP contribution is -2.35. The normalized spacial score (nSPS) is 13.9. The quantitative estimate of drug-likeness (QED) is 0.881. The van der Waals surface area contributed by atoms with E-state index in [2.05, 4.69) is 5.32 Å². The van der Waals surface area contributed by atoms with Crippen molar-refractivity contribution in [2.75, 3.05) is 16.8 Å². The van der Waals surface area contributed by atoms with E-state index < -0.39 is 0 Å². The Bertz CT molecular complexity index is 672. The number of nitrogens with one attached hydrogen (secondary N) is 1. The van der Waals surface area contributed by atoms with Crippen LogP contribution in [0.1, 0.15) is 5.56 Å². The van der Waals surface area contributed by atoms with E-state index in [9.17, 15) is 9.18 Å². The molecule has 0 bridgehead atoms. The molecule has 1 aliphatic rings. The molecule has 2 aromatic rings. The van der Waals surface area contributed by atoms with Crippen LogP contribution < -0.4 is 16.0 Å². The third kappa shape index (κ3) is 2.12. The highest BCUT2D eigenvalue weighted by Crippen LogP contribution is 2.35. The second kappa shape index (κ2) is 4.94. The van der Waals surface area contributed by atoms with Gasteiger partial charge in [-0.2, -0.15) is 0 Å². The minimum Gasteiger partial charge on any atom is -0.330 e. The van der Waals surface area contributed by atoms with Crippen molar-refractivity contribution in [2.45, 2.75) is 6.54 Å². The molecule has 1 amide bonds. The third-order valence-electron chi connectivity index (χ3n) is 3.34. The summed E-state index contributed by atoms with van der Waals surface area (Å²) in [6, 6.07) is 12.3. The molecule has 3 rings (SSSR count). The number of carbonyl (C=O) groups excluding carboxylic acids is 1. The Morgan fingerprint density at radius 3 is 2.80 bits per heavy atom. The van der Waals surface area contributed by atoms with Crippen molar-refractivity contribution < 1.29 is 9.18 Å². The summed E-state index contributed by atoms with van der Waals surface area (Å²) in [7, 11) is 0. The zero-order valence-electron chi connectivity index (χ0n) is 10.8. The maximum absolute atomic E-state index is 13.9. The van der Waals surface area contributed by atoms with Gasteiger partial charge in [-0.3, -0.25) is 4.79 Å². The first-order valence-corrected chi connectivity index (χ1v) is 6.34. The average Bonchev–Trinajstić information content (AvgIpc) is 2.46. The zero-order chi connectivity index (χ0) is 14.1. The van der Waals surface area contributed by atoms with Gasteiger partial charge in [0, 0.05) is 17.8 Å². The molecule has 5 heteroatoms. The van der Waals surface area contributed by atoms with Gasteiger partial charge in [0.2, 0.25) is 5.91 Å². The summed E-state index contributed by atoms with van der Waals surface area (Å²) in [6.07, 6.45) is 0. The van der Waals surface area contributed by atoms with Crippen LogP contribution in [0.3, 0.4) is 0 Å². The molecule has 3 N–H and O–H groups in total. The van der Waals surface area contributed by atoms with Gasteiger partial charge in [0.1, 0.15) is 12.4 Å². The molecule has 0 radical (unpaired) electrons. The van der Waals surface area contributed by atoms with Crippen LogP contribution in [0.15, 0.2) is 42.5 Å². The highest BCUT2D eigenvalue weighted by molar-refractivity contribution is 6.03. The first kappa shape index (κ1) is 12.6. The van der Waals surface area contributed by atoms with Crippen molar-refractivity contribution in [2.24, 2.45) is 5.73 Å². The lowest BCUT2D eigenvalue weighted by molar-refractivity contribution is -0.115. The summed E-state index contributed by atoms with van der Waals surface area (Å²) < 4.78 is 13.9. The number of amides is 1. The molecule has 2 aromatic carbocycles. The second-order valence-corrected chi connectivity index (χ2v) is 4.63. The van der Waals surface area contributed by atoms with Crippen LogP contribution in [-0.4, -0.2) is 12.5 Å². The molecule has 0 fully saturated rings. The first-order chi connectivity index (χ1) is 9.69. The number of carbonyl (C=O) groups is 1. The SMILES string of the molecule is NCc1ccc(N2CC(=O)Nc3ccccc32)cc1F. The smallest absolute Gasteiger partial charge is 0.244 e. The van der Waals surface area contributed by atoms with Crippen LogP contribution in [0, 0.1) is 5.82 Å². The van der Waals surface area contributed by atoms with E-state index in [-0.39, 0.29) is 24.8 Å². The number of halogens is 1. The van der Waals surface area contributed by atoms with Gasteiger partial charge in [-0.25, -0.2) is 4.39 Å². The molecule has 4 nitrogen and oxygen atoms in total. The van der Waals surface area contributed by atoms with E-state index in [1.165, 1.54) is 6.07 Å². The van der Waals surface area contributed by atoms with Gasteiger partial charge >= 0.3 is 0 Å². The molecule has 0 spiro atoms. The predicted octanol–water partition coefficient (Wildman–Crippen LogP) is 2.37. The summed E-state index contributed by atoms with van der Waals surface area (Å²) in [5.74, 6) is -0.472. The number of hydrogen-bond acceptors (Lipinski definition) is 3. The maximum Gasteiger partial charge on any atom is 0.244 e. The van der Waals surface area contributed by atoms with E-state index in [0.717, 1.165) is 11.4 Å². The number of fused-ring (bicyclic) bond motifs is 1. The summed E-state index contributed by atoms with van der Waals surface area (Å²) in [5.41, 5.74) is 8.14. The Labute approximate surface area is 116 Å². The standard InChI is InChI=1S/C15H14FN3O/c16-12-7-11(6-5-10(12)8-17)19-9-15(20)18-13-3-1-2-4-14(13)19/h1-7H,8-9,17H2,(H,18,20). The van der Waals surface area contributed by atoms with E-state index in [4.69, 9.17) is 5.73 Å². The number of rotatable bonds is 2. The topological polar surface area (TPSA) is 58.4 Å². The van der Waals surface area contributed by atoms with Crippen molar-refractivity contribution in [3.05, 3.63) is 53.8 Å². The zero-order valence-corrected chi connectivity index (χ0v) is 10.8. The van der Waals surface area contributed by atoms with Gasteiger partial charge in [-0.05, 0) is 24.3 Å². The molecule has 20 heavy (non-hydrogen) atoms. The summed E-state index contributed by atoms with van der Waals surface area (Å²) >= 11 is 0. The van der Waals surface area contributed by atoms with Crippen LogP contribution in [-0.2, 0) is 11.3 Å². The number of para-hydroxylation sites is 2. The van der Waals surface area contributed by atoms with Gasteiger partial charge in [0.25, 0.3) is 0 Å². The molecule has 0 atom stereocenters. The number of nitrogens with zero attached hydrogens (tertiary/aromatic N) is 1. The van der Waals surface area contributed by atoms with Crippen molar-refractivity contribution in [3.8, 4) is 0 Å². The van der Waals surface area contributed by atoms with Gasteiger partial charge in [0.05, 0.1) is 11.4 Å². The van der Waals surface area contributed by atoms with Crippen molar-refractivity contribution in [3.63, 3.8) is 0 Å².